The zero-order valence-corrected chi connectivity index (χ0v) is 11.2. The van der Waals surface area contributed by atoms with Crippen LogP contribution in [0.25, 0.3) is 0 Å². The number of rotatable bonds is 9. The van der Waals surface area contributed by atoms with Crippen LogP contribution in [0.1, 0.15) is 65.2 Å². The molecule has 0 radical (unpaired) electrons. The zero-order chi connectivity index (χ0) is 12.6. The van der Waals surface area contributed by atoms with Crippen LogP contribution in [0.3, 0.4) is 0 Å². The van der Waals surface area contributed by atoms with E-state index in [0.717, 1.165) is 0 Å². The maximum Gasteiger partial charge on any atom is 0.0662 e. The summed E-state index contributed by atoms with van der Waals surface area (Å²) in [6.45, 7) is 8.35. The first-order chi connectivity index (χ1) is 7.72. The Kier molecular flexibility index (Phi) is 19.2. The van der Waals surface area contributed by atoms with Crippen LogP contribution in [-0.2, 0) is 0 Å². The van der Waals surface area contributed by atoms with Crippen molar-refractivity contribution >= 4 is 0 Å². The lowest BCUT2D eigenvalue weighted by Crippen LogP contribution is -1.85. The van der Waals surface area contributed by atoms with Crippen LogP contribution in [0.2, 0.25) is 0 Å². The molecular weight excluding hydrogens is 200 g/mol. The van der Waals surface area contributed by atoms with Crippen LogP contribution in [0.4, 0.5) is 0 Å². The fourth-order valence-corrected chi connectivity index (χ4v) is 1.37. The molecule has 0 aliphatic carbocycles. The van der Waals surface area contributed by atoms with Gasteiger partial charge in [0.25, 0.3) is 0 Å². The van der Waals surface area contributed by atoms with Crippen molar-refractivity contribution in [3.8, 4) is 0 Å². The molecule has 0 rings (SSSR count). The Bertz CT molecular complexity index is 119. The Morgan fingerprint density at radius 1 is 0.812 bits per heavy atom. The predicted molar refractivity (Wildman–Crippen MR) is 71.6 cm³/mol. The average Bonchev–Trinajstić information content (AvgIpc) is 2.30. The Hall–Kier alpha value is -0.340. The van der Waals surface area contributed by atoms with Crippen LogP contribution >= 0.6 is 0 Å². The molecule has 0 bridgehead atoms. The normalized spacial score (nSPS) is 9.50. The van der Waals surface area contributed by atoms with Crippen molar-refractivity contribution in [1.82, 2.24) is 0 Å². The Balaban J connectivity index is 0. The van der Waals surface area contributed by atoms with E-state index in [1.807, 2.05) is 0 Å². The molecule has 0 amide bonds. The van der Waals surface area contributed by atoms with Gasteiger partial charge in [0.05, 0.1) is 13.2 Å². The number of allylic oxidation sites excluding steroid dienone is 1. The van der Waals surface area contributed by atoms with E-state index >= 15 is 0 Å². The van der Waals surface area contributed by atoms with Crippen molar-refractivity contribution in [2.24, 2.45) is 0 Å². The third kappa shape index (κ3) is 19.3. The van der Waals surface area contributed by atoms with Gasteiger partial charge in [0.15, 0.2) is 0 Å². The van der Waals surface area contributed by atoms with Crippen LogP contribution < -0.4 is 0 Å². The van der Waals surface area contributed by atoms with E-state index in [2.05, 4.69) is 20.4 Å². The molecule has 0 heterocycles. The molecule has 0 spiro atoms. The summed E-state index contributed by atoms with van der Waals surface area (Å²) in [7, 11) is 0. The van der Waals surface area contributed by atoms with Crippen molar-refractivity contribution in [3.05, 3.63) is 12.2 Å². The van der Waals surface area contributed by atoms with Crippen molar-refractivity contribution < 1.29 is 10.2 Å². The number of hydrogen-bond acceptors (Lipinski definition) is 2. The molecule has 0 aliphatic rings. The first kappa shape index (κ1) is 18.0. The first-order valence-corrected chi connectivity index (χ1v) is 6.61. The van der Waals surface area contributed by atoms with Gasteiger partial charge < -0.3 is 10.2 Å². The fraction of sp³-hybridized carbons (Fsp3) is 0.857. The van der Waals surface area contributed by atoms with Crippen LogP contribution in [-0.4, -0.2) is 23.4 Å². The van der Waals surface area contributed by atoms with E-state index in [0.29, 0.717) is 0 Å². The number of aliphatic hydroxyl groups excluding tert-OH is 2. The highest BCUT2D eigenvalue weighted by atomic mass is 16.3. The summed E-state index contributed by atoms with van der Waals surface area (Å²) < 4.78 is 0. The summed E-state index contributed by atoms with van der Waals surface area (Å²) in [5, 5.41) is 15.2. The molecule has 0 aromatic heterocycles. The van der Waals surface area contributed by atoms with Crippen LogP contribution in [0, 0.1) is 0 Å². The van der Waals surface area contributed by atoms with Gasteiger partial charge in [0.2, 0.25) is 0 Å². The maximum absolute atomic E-state index is 7.62. The van der Waals surface area contributed by atoms with Gasteiger partial charge in [-0.05, 0) is 25.7 Å². The van der Waals surface area contributed by atoms with Crippen LogP contribution in [0.5, 0.6) is 0 Å². The largest absolute Gasteiger partial charge is 0.394 e. The Morgan fingerprint density at radius 2 is 1.19 bits per heavy atom. The molecule has 2 N–H and O–H groups in total. The molecule has 98 valence electrons. The smallest absolute Gasteiger partial charge is 0.0662 e. The highest BCUT2D eigenvalue weighted by Gasteiger charge is 1.94. The molecule has 0 saturated carbocycles. The number of aliphatic hydroxyl groups is 2. The SMILES string of the molecule is C=C(CCCCC)CCCCC.OCCO. The van der Waals surface area contributed by atoms with Crippen molar-refractivity contribution in [3.63, 3.8) is 0 Å². The van der Waals surface area contributed by atoms with Gasteiger partial charge in [-0.25, -0.2) is 0 Å². The van der Waals surface area contributed by atoms with Gasteiger partial charge in [0, 0.05) is 0 Å². The third-order valence-corrected chi connectivity index (χ3v) is 2.37. The van der Waals surface area contributed by atoms with E-state index in [9.17, 15) is 0 Å². The minimum atomic E-state index is -0.125. The van der Waals surface area contributed by atoms with Gasteiger partial charge >= 0.3 is 0 Å². The molecule has 0 fully saturated rings. The molecule has 0 aromatic carbocycles. The lowest BCUT2D eigenvalue weighted by molar-refractivity contribution is 0.186. The molecule has 0 atom stereocenters. The first-order valence-electron chi connectivity index (χ1n) is 6.61. The van der Waals surface area contributed by atoms with E-state index in [-0.39, 0.29) is 13.2 Å². The lowest BCUT2D eigenvalue weighted by Gasteiger charge is -2.03. The molecule has 2 heteroatoms. The molecular formula is C14H30O2. The molecule has 0 unspecified atom stereocenters. The van der Waals surface area contributed by atoms with E-state index in [4.69, 9.17) is 10.2 Å². The summed E-state index contributed by atoms with van der Waals surface area (Å²) in [5.74, 6) is 0. The molecule has 0 saturated heterocycles. The van der Waals surface area contributed by atoms with E-state index < -0.39 is 0 Å². The predicted octanol–water partition coefficient (Wildman–Crippen LogP) is 3.67. The summed E-state index contributed by atoms with van der Waals surface area (Å²) in [6, 6.07) is 0. The van der Waals surface area contributed by atoms with Gasteiger partial charge in [-0.1, -0.05) is 51.7 Å². The summed E-state index contributed by atoms with van der Waals surface area (Å²) in [6.07, 6.45) is 10.6. The highest BCUT2D eigenvalue weighted by Crippen LogP contribution is 2.13. The summed E-state index contributed by atoms with van der Waals surface area (Å²) in [5.41, 5.74) is 1.47. The molecule has 2 nitrogen and oxygen atoms in total. The number of hydrogen-bond donors (Lipinski definition) is 2. The highest BCUT2D eigenvalue weighted by molar-refractivity contribution is 4.93. The molecule has 16 heavy (non-hydrogen) atoms. The lowest BCUT2D eigenvalue weighted by atomic mass is 10.0. The van der Waals surface area contributed by atoms with Crippen molar-refractivity contribution in [1.29, 1.82) is 0 Å². The van der Waals surface area contributed by atoms with Gasteiger partial charge in [-0.15, -0.1) is 0 Å². The average molecular weight is 230 g/mol. The second-order valence-corrected chi connectivity index (χ2v) is 4.11. The summed E-state index contributed by atoms with van der Waals surface area (Å²) >= 11 is 0. The van der Waals surface area contributed by atoms with Gasteiger partial charge in [-0.3, -0.25) is 0 Å². The molecule has 0 aliphatic heterocycles. The summed E-state index contributed by atoms with van der Waals surface area (Å²) in [4.78, 5) is 0. The monoisotopic (exact) mass is 230 g/mol. The second-order valence-electron chi connectivity index (χ2n) is 4.11. The van der Waals surface area contributed by atoms with Gasteiger partial charge in [-0.2, -0.15) is 0 Å². The van der Waals surface area contributed by atoms with E-state index in [1.54, 1.807) is 0 Å². The Morgan fingerprint density at radius 3 is 1.44 bits per heavy atom. The van der Waals surface area contributed by atoms with Crippen molar-refractivity contribution in [2.45, 2.75) is 65.2 Å². The maximum atomic E-state index is 7.62. The zero-order valence-electron chi connectivity index (χ0n) is 11.2. The minimum absolute atomic E-state index is 0.125. The second kappa shape index (κ2) is 17.1. The molecule has 0 aromatic rings. The Labute approximate surface area is 101 Å². The minimum Gasteiger partial charge on any atom is -0.394 e. The topological polar surface area (TPSA) is 40.5 Å². The fourth-order valence-electron chi connectivity index (χ4n) is 1.37. The van der Waals surface area contributed by atoms with Crippen LogP contribution in [0.15, 0.2) is 12.2 Å². The third-order valence-electron chi connectivity index (χ3n) is 2.37. The van der Waals surface area contributed by atoms with Gasteiger partial charge in [0.1, 0.15) is 0 Å². The standard InChI is InChI=1S/C12H24.C2H6O2/c1-4-6-8-10-12(3)11-9-7-5-2;3-1-2-4/h3-11H2,1-2H3;3-4H,1-2H2. The number of unbranched alkanes of at least 4 members (excludes halogenated alkanes) is 4. The van der Waals surface area contributed by atoms with E-state index in [1.165, 1.54) is 56.9 Å². The van der Waals surface area contributed by atoms with Crippen molar-refractivity contribution in [2.75, 3.05) is 13.2 Å². The quantitative estimate of drug-likeness (QED) is 0.468.